The zero-order chi connectivity index (χ0) is 18.1. The summed E-state index contributed by atoms with van der Waals surface area (Å²) in [6, 6.07) is 12.7. The molecule has 2 bridgehead atoms. The fraction of sp³-hybridized carbons (Fsp3) is 0.750. The van der Waals surface area contributed by atoms with Crippen LogP contribution in [0.4, 0.5) is 0 Å². The van der Waals surface area contributed by atoms with Gasteiger partial charge in [-0.15, -0.1) is 0 Å². The third-order valence-electron chi connectivity index (χ3n) is 7.90. The number of fused-ring (bicyclic) bond motifs is 4. The summed E-state index contributed by atoms with van der Waals surface area (Å²) in [5.74, 6) is 1.96. The Morgan fingerprint density at radius 1 is 0.778 bits per heavy atom. The first kappa shape index (κ1) is 18.1. The van der Waals surface area contributed by atoms with Crippen molar-refractivity contribution in [1.29, 1.82) is 0 Å². The fourth-order valence-electron chi connectivity index (χ4n) is 6.03. The van der Waals surface area contributed by atoms with E-state index in [9.17, 15) is 0 Å². The first-order valence-corrected chi connectivity index (χ1v) is 11.6. The van der Waals surface area contributed by atoms with E-state index >= 15 is 0 Å². The smallest absolute Gasteiger partial charge is 0.0233 e. The van der Waals surface area contributed by atoms with Crippen molar-refractivity contribution in [3.63, 3.8) is 0 Å². The molecule has 0 amide bonds. The summed E-state index contributed by atoms with van der Waals surface area (Å²) in [5.41, 5.74) is 1.47. The molecule has 0 unspecified atom stereocenters. The Labute approximate surface area is 165 Å². The van der Waals surface area contributed by atoms with Crippen LogP contribution >= 0.6 is 0 Å². The molecule has 1 aliphatic carbocycles. The Morgan fingerprint density at radius 2 is 1.59 bits per heavy atom. The second kappa shape index (κ2) is 8.23. The molecule has 0 radical (unpaired) electrons. The zero-order valence-electron chi connectivity index (χ0n) is 16.9. The summed E-state index contributed by atoms with van der Waals surface area (Å²) in [7, 11) is 0. The number of rotatable bonds is 5. The monoisotopic (exact) mass is 367 g/mol. The Morgan fingerprint density at radius 3 is 2.33 bits per heavy atom. The lowest BCUT2D eigenvalue weighted by atomic mass is 9.83. The van der Waals surface area contributed by atoms with Gasteiger partial charge in [0, 0.05) is 44.8 Å². The molecule has 4 heterocycles. The van der Waals surface area contributed by atoms with Crippen LogP contribution in [0.5, 0.6) is 0 Å². The molecule has 1 aromatic rings. The topological polar surface area (TPSA) is 9.72 Å². The lowest BCUT2D eigenvalue weighted by Gasteiger charge is -2.41. The molecule has 148 valence electrons. The van der Waals surface area contributed by atoms with E-state index in [1.807, 2.05) is 0 Å². The van der Waals surface area contributed by atoms with Gasteiger partial charge in [-0.2, -0.15) is 0 Å². The van der Waals surface area contributed by atoms with Gasteiger partial charge in [0.1, 0.15) is 0 Å². The molecular formula is C24H37N3. The Balaban J connectivity index is 1.14. The SMILES string of the molecule is c1ccc(CN2CCC(N3C[C@H]4CC[C@@H](C3)N(CC3CCC3)C4)CC2)cc1. The summed E-state index contributed by atoms with van der Waals surface area (Å²) >= 11 is 0. The molecule has 5 fully saturated rings. The largest absolute Gasteiger partial charge is 0.299 e. The third kappa shape index (κ3) is 4.26. The summed E-state index contributed by atoms with van der Waals surface area (Å²) < 4.78 is 0. The maximum atomic E-state index is 2.92. The van der Waals surface area contributed by atoms with Crippen molar-refractivity contribution >= 4 is 0 Å². The van der Waals surface area contributed by atoms with E-state index in [-0.39, 0.29) is 0 Å². The van der Waals surface area contributed by atoms with Gasteiger partial charge in [-0.25, -0.2) is 0 Å². The molecule has 27 heavy (non-hydrogen) atoms. The molecule has 6 rings (SSSR count). The van der Waals surface area contributed by atoms with Gasteiger partial charge in [0.15, 0.2) is 0 Å². The third-order valence-corrected chi connectivity index (χ3v) is 7.90. The first-order valence-electron chi connectivity index (χ1n) is 11.6. The van der Waals surface area contributed by atoms with Crippen LogP contribution in [0.15, 0.2) is 30.3 Å². The van der Waals surface area contributed by atoms with Crippen molar-refractivity contribution in [2.75, 3.05) is 39.3 Å². The number of likely N-dealkylation sites (tertiary alicyclic amines) is 1. The van der Waals surface area contributed by atoms with E-state index in [4.69, 9.17) is 0 Å². The average Bonchev–Trinajstić information content (AvgIpc) is 2.98. The fourth-order valence-corrected chi connectivity index (χ4v) is 6.03. The van der Waals surface area contributed by atoms with E-state index in [2.05, 4.69) is 45.0 Å². The minimum atomic E-state index is 0.837. The van der Waals surface area contributed by atoms with Gasteiger partial charge in [-0.3, -0.25) is 14.7 Å². The van der Waals surface area contributed by atoms with Gasteiger partial charge in [0.05, 0.1) is 0 Å². The highest BCUT2D eigenvalue weighted by Gasteiger charge is 2.38. The van der Waals surface area contributed by atoms with Crippen LogP contribution < -0.4 is 0 Å². The standard InChI is InChI=1S/C24H37N3/c1-2-5-20(6-3-1)15-25-13-11-23(12-14-25)27-18-22-9-10-24(19-27)26(17-22)16-21-7-4-8-21/h1-3,5-6,21-24H,4,7-19H2/t22-,24-/m0/s1. The molecule has 0 N–H and O–H groups in total. The van der Waals surface area contributed by atoms with E-state index in [0.717, 1.165) is 30.5 Å². The number of hydrogen-bond donors (Lipinski definition) is 0. The highest BCUT2D eigenvalue weighted by atomic mass is 15.3. The van der Waals surface area contributed by atoms with Crippen molar-refractivity contribution in [3.8, 4) is 0 Å². The molecule has 0 spiro atoms. The van der Waals surface area contributed by atoms with E-state index in [1.165, 1.54) is 89.8 Å². The van der Waals surface area contributed by atoms with Crippen LogP contribution in [0.1, 0.15) is 50.5 Å². The second-order valence-corrected chi connectivity index (χ2v) is 9.79. The number of hydrogen-bond acceptors (Lipinski definition) is 3. The molecule has 4 saturated heterocycles. The van der Waals surface area contributed by atoms with Crippen LogP contribution in [-0.2, 0) is 6.54 Å². The molecule has 0 aromatic heterocycles. The molecular weight excluding hydrogens is 330 g/mol. The molecule has 1 aromatic carbocycles. The van der Waals surface area contributed by atoms with Gasteiger partial charge >= 0.3 is 0 Å². The zero-order valence-corrected chi connectivity index (χ0v) is 16.9. The number of benzene rings is 1. The quantitative estimate of drug-likeness (QED) is 0.783. The minimum Gasteiger partial charge on any atom is -0.299 e. The Kier molecular flexibility index (Phi) is 5.53. The van der Waals surface area contributed by atoms with Crippen LogP contribution in [0.25, 0.3) is 0 Å². The van der Waals surface area contributed by atoms with Gasteiger partial charge < -0.3 is 0 Å². The molecule has 2 atom stereocenters. The average molecular weight is 368 g/mol. The normalized spacial score (nSPS) is 31.7. The van der Waals surface area contributed by atoms with Crippen LogP contribution in [0.3, 0.4) is 0 Å². The van der Waals surface area contributed by atoms with Gasteiger partial charge in [-0.1, -0.05) is 36.8 Å². The van der Waals surface area contributed by atoms with Gasteiger partial charge in [-0.05, 0) is 69.0 Å². The van der Waals surface area contributed by atoms with E-state index in [1.54, 1.807) is 0 Å². The summed E-state index contributed by atoms with van der Waals surface area (Å²) in [6.45, 7) is 9.21. The Hall–Kier alpha value is -0.900. The highest BCUT2D eigenvalue weighted by Crippen LogP contribution is 2.34. The van der Waals surface area contributed by atoms with Crippen molar-refractivity contribution in [2.24, 2.45) is 11.8 Å². The summed E-state index contributed by atoms with van der Waals surface area (Å²) in [5, 5.41) is 0. The van der Waals surface area contributed by atoms with Crippen molar-refractivity contribution in [3.05, 3.63) is 35.9 Å². The Bertz CT molecular complexity index is 591. The predicted molar refractivity (Wildman–Crippen MR) is 112 cm³/mol. The van der Waals surface area contributed by atoms with Crippen LogP contribution in [0, 0.1) is 11.8 Å². The molecule has 4 aliphatic heterocycles. The molecule has 1 saturated carbocycles. The molecule has 3 nitrogen and oxygen atoms in total. The molecule has 5 aliphatic rings. The number of piperidine rings is 2. The predicted octanol–water partition coefficient (Wildman–Crippen LogP) is 3.85. The van der Waals surface area contributed by atoms with Crippen LogP contribution in [-0.4, -0.2) is 66.1 Å². The lowest BCUT2D eigenvalue weighted by molar-refractivity contribution is 0.0792. The minimum absolute atomic E-state index is 0.837. The first-order chi connectivity index (χ1) is 13.3. The summed E-state index contributed by atoms with van der Waals surface area (Å²) in [6.07, 6.45) is 10.2. The van der Waals surface area contributed by atoms with Crippen molar-refractivity contribution in [1.82, 2.24) is 14.7 Å². The highest BCUT2D eigenvalue weighted by molar-refractivity contribution is 5.14. The van der Waals surface area contributed by atoms with Crippen molar-refractivity contribution < 1.29 is 0 Å². The van der Waals surface area contributed by atoms with Crippen LogP contribution in [0.2, 0.25) is 0 Å². The van der Waals surface area contributed by atoms with Gasteiger partial charge in [0.25, 0.3) is 0 Å². The number of nitrogens with zero attached hydrogens (tertiary/aromatic N) is 3. The van der Waals surface area contributed by atoms with E-state index in [0.29, 0.717) is 0 Å². The second-order valence-electron chi connectivity index (χ2n) is 9.79. The maximum absolute atomic E-state index is 2.92. The van der Waals surface area contributed by atoms with Gasteiger partial charge in [0.2, 0.25) is 0 Å². The van der Waals surface area contributed by atoms with E-state index < -0.39 is 0 Å². The van der Waals surface area contributed by atoms with Crippen molar-refractivity contribution in [2.45, 2.75) is 63.6 Å². The lowest BCUT2D eigenvalue weighted by Crippen LogP contribution is -2.49. The summed E-state index contributed by atoms with van der Waals surface area (Å²) in [4.78, 5) is 8.49. The molecule has 3 heteroatoms. The maximum Gasteiger partial charge on any atom is 0.0233 e.